The first kappa shape index (κ1) is 22.3. The van der Waals surface area contributed by atoms with Crippen molar-refractivity contribution >= 4 is 34.3 Å². The van der Waals surface area contributed by atoms with Gasteiger partial charge in [0.25, 0.3) is 5.91 Å². The third-order valence-electron chi connectivity index (χ3n) is 7.83. The number of hydrogen-bond acceptors (Lipinski definition) is 3. The minimum absolute atomic E-state index is 0.0876. The van der Waals surface area contributed by atoms with E-state index in [-0.39, 0.29) is 23.6 Å². The summed E-state index contributed by atoms with van der Waals surface area (Å²) < 4.78 is 0. The van der Waals surface area contributed by atoms with E-state index in [4.69, 9.17) is 0 Å². The zero-order chi connectivity index (χ0) is 25.2. The molecule has 2 aliphatic rings. The van der Waals surface area contributed by atoms with Gasteiger partial charge in [-0.15, -0.1) is 0 Å². The first-order valence-corrected chi connectivity index (χ1v) is 12.3. The van der Waals surface area contributed by atoms with Gasteiger partial charge in [0.15, 0.2) is 11.3 Å². The summed E-state index contributed by atoms with van der Waals surface area (Å²) in [6.07, 6.45) is 0.953. The number of Topliss-reactive ketones (excluding diaryl/α,β-unsaturated/α-hetero) is 1. The minimum Gasteiger partial charge on any atom is -0.356 e. The summed E-state index contributed by atoms with van der Waals surface area (Å²) in [6, 6.07) is 22.9. The number of carbonyl (C=O) groups is 3. The number of hydrogen-bond donors (Lipinski definition) is 1. The number of amides is 3. The van der Waals surface area contributed by atoms with E-state index in [1.54, 1.807) is 29.2 Å². The van der Waals surface area contributed by atoms with Gasteiger partial charge in [0.2, 0.25) is 0 Å². The average molecular weight is 478 g/mol. The SMILES string of the molecule is CCc1ccc([C@H]2CN3C(=O)N(c4cccc(C(C)=O)c4)C(=O)[C@]3(C)c3[nH]c4ccccc4c32)cc1. The van der Waals surface area contributed by atoms with Crippen LogP contribution >= 0.6 is 0 Å². The highest BCUT2D eigenvalue weighted by Gasteiger charge is 2.60. The van der Waals surface area contributed by atoms with Crippen LogP contribution in [0.5, 0.6) is 0 Å². The van der Waals surface area contributed by atoms with E-state index in [1.165, 1.54) is 17.4 Å². The van der Waals surface area contributed by atoms with Gasteiger partial charge in [0.05, 0.1) is 11.4 Å². The number of urea groups is 1. The van der Waals surface area contributed by atoms with Crippen LogP contribution in [0.1, 0.15) is 59.4 Å². The Morgan fingerprint density at radius 3 is 2.50 bits per heavy atom. The van der Waals surface area contributed by atoms with Crippen LogP contribution < -0.4 is 4.90 Å². The molecule has 2 aliphatic heterocycles. The Morgan fingerprint density at radius 2 is 1.78 bits per heavy atom. The van der Waals surface area contributed by atoms with Gasteiger partial charge in [-0.2, -0.15) is 0 Å². The first-order chi connectivity index (χ1) is 17.3. The maximum absolute atomic E-state index is 14.1. The number of H-pyrrole nitrogens is 1. The Hall–Kier alpha value is -4.19. The van der Waals surface area contributed by atoms with Crippen LogP contribution in [0, 0.1) is 0 Å². The van der Waals surface area contributed by atoms with Crippen molar-refractivity contribution in [1.82, 2.24) is 9.88 Å². The highest BCUT2D eigenvalue weighted by Crippen LogP contribution is 2.50. The maximum atomic E-state index is 14.1. The van der Waals surface area contributed by atoms with Gasteiger partial charge in [-0.3, -0.25) is 9.59 Å². The van der Waals surface area contributed by atoms with E-state index in [1.807, 2.05) is 25.1 Å². The largest absolute Gasteiger partial charge is 0.356 e. The topological polar surface area (TPSA) is 73.5 Å². The van der Waals surface area contributed by atoms with Crippen molar-refractivity contribution in [3.05, 3.63) is 101 Å². The summed E-state index contributed by atoms with van der Waals surface area (Å²) in [6.45, 7) is 5.81. The Bertz CT molecular complexity index is 1550. The van der Waals surface area contributed by atoms with Crippen molar-refractivity contribution in [3.63, 3.8) is 0 Å². The smallest absolute Gasteiger partial charge is 0.332 e. The van der Waals surface area contributed by atoms with E-state index in [0.29, 0.717) is 17.8 Å². The first-order valence-electron chi connectivity index (χ1n) is 12.3. The molecule has 4 aromatic rings. The van der Waals surface area contributed by atoms with Crippen molar-refractivity contribution in [3.8, 4) is 0 Å². The number of aryl methyl sites for hydroxylation is 1. The molecular weight excluding hydrogens is 450 g/mol. The van der Waals surface area contributed by atoms with E-state index in [0.717, 1.165) is 34.1 Å². The fourth-order valence-electron chi connectivity index (χ4n) is 5.77. The minimum atomic E-state index is -1.18. The Balaban J connectivity index is 1.54. The molecule has 6 nitrogen and oxygen atoms in total. The molecule has 6 rings (SSSR count). The number of nitrogens with one attached hydrogen (secondary N) is 1. The van der Waals surface area contributed by atoms with E-state index >= 15 is 0 Å². The van der Waals surface area contributed by atoms with E-state index in [9.17, 15) is 14.4 Å². The molecule has 0 spiro atoms. The summed E-state index contributed by atoms with van der Waals surface area (Å²) >= 11 is 0. The van der Waals surface area contributed by atoms with Crippen LogP contribution in [-0.4, -0.2) is 34.2 Å². The van der Waals surface area contributed by atoms with Crippen LogP contribution in [0.3, 0.4) is 0 Å². The highest BCUT2D eigenvalue weighted by atomic mass is 16.2. The molecule has 0 bridgehead atoms. The molecule has 36 heavy (non-hydrogen) atoms. The third kappa shape index (κ3) is 3.00. The number of imide groups is 1. The number of rotatable bonds is 4. The molecule has 1 fully saturated rings. The summed E-state index contributed by atoms with van der Waals surface area (Å²) in [5.74, 6) is -0.524. The molecule has 0 aliphatic carbocycles. The number of benzene rings is 3. The van der Waals surface area contributed by atoms with Gasteiger partial charge >= 0.3 is 6.03 Å². The van der Waals surface area contributed by atoms with Crippen LogP contribution in [-0.2, 0) is 16.8 Å². The lowest BCUT2D eigenvalue weighted by Crippen LogP contribution is -2.50. The Labute approximate surface area is 209 Å². The molecular formula is C30H27N3O3. The summed E-state index contributed by atoms with van der Waals surface area (Å²) in [4.78, 5) is 46.4. The highest BCUT2D eigenvalue weighted by molar-refractivity contribution is 6.24. The predicted molar refractivity (Wildman–Crippen MR) is 139 cm³/mol. The summed E-state index contributed by atoms with van der Waals surface area (Å²) in [5.41, 5.74) is 4.81. The number of fused-ring (bicyclic) bond motifs is 5. The van der Waals surface area contributed by atoms with Gasteiger partial charge in [-0.05, 0) is 55.2 Å². The maximum Gasteiger partial charge on any atom is 0.332 e. The Morgan fingerprint density at radius 1 is 1.03 bits per heavy atom. The van der Waals surface area contributed by atoms with Crippen LogP contribution in [0.25, 0.3) is 10.9 Å². The van der Waals surface area contributed by atoms with Gasteiger partial charge in [0, 0.05) is 28.9 Å². The van der Waals surface area contributed by atoms with Crippen LogP contribution in [0.15, 0.2) is 72.8 Å². The van der Waals surface area contributed by atoms with Crippen molar-refractivity contribution in [2.75, 3.05) is 11.4 Å². The molecule has 1 N–H and O–H groups in total. The van der Waals surface area contributed by atoms with Crippen molar-refractivity contribution in [2.24, 2.45) is 0 Å². The zero-order valence-electron chi connectivity index (χ0n) is 20.5. The lowest BCUT2D eigenvalue weighted by atomic mass is 9.78. The third-order valence-corrected chi connectivity index (χ3v) is 7.83. The molecule has 180 valence electrons. The molecule has 3 aromatic carbocycles. The number of aromatic nitrogens is 1. The second kappa shape index (κ2) is 7.92. The van der Waals surface area contributed by atoms with E-state index in [2.05, 4.69) is 42.2 Å². The molecule has 1 aromatic heterocycles. The summed E-state index contributed by atoms with van der Waals surface area (Å²) in [7, 11) is 0. The molecule has 0 radical (unpaired) electrons. The number of anilines is 1. The lowest BCUT2D eigenvalue weighted by molar-refractivity contribution is -0.125. The lowest BCUT2D eigenvalue weighted by Gasteiger charge is -2.40. The molecule has 2 atom stereocenters. The van der Waals surface area contributed by atoms with Crippen molar-refractivity contribution in [1.29, 1.82) is 0 Å². The number of nitrogens with zero attached hydrogens (tertiary/aromatic N) is 2. The molecule has 6 heteroatoms. The second-order valence-electron chi connectivity index (χ2n) is 9.82. The zero-order valence-corrected chi connectivity index (χ0v) is 20.5. The van der Waals surface area contributed by atoms with E-state index < -0.39 is 5.54 Å². The Kier molecular flexibility index (Phi) is 4.90. The second-order valence-corrected chi connectivity index (χ2v) is 9.82. The number of ketones is 1. The monoisotopic (exact) mass is 477 g/mol. The van der Waals surface area contributed by atoms with Crippen LogP contribution in [0.4, 0.5) is 10.5 Å². The number of aromatic amines is 1. The van der Waals surface area contributed by atoms with Crippen molar-refractivity contribution in [2.45, 2.75) is 38.6 Å². The van der Waals surface area contributed by atoms with Gasteiger partial charge in [-0.1, -0.05) is 61.5 Å². The molecule has 3 heterocycles. The predicted octanol–water partition coefficient (Wildman–Crippen LogP) is 5.76. The standard InChI is InChI=1S/C30H27N3O3/c1-4-19-12-14-20(15-13-19)24-17-32-29(36)33(22-9-7-8-21(16-22)18(2)34)28(35)30(32,3)27-26(24)23-10-5-6-11-25(23)31-27/h5-16,24,31H,4,17H2,1-3H3/t24-,30+/m1/s1. The number of para-hydroxylation sites is 1. The molecule has 1 saturated heterocycles. The molecule has 0 unspecified atom stereocenters. The van der Waals surface area contributed by atoms with Gasteiger partial charge < -0.3 is 9.88 Å². The average Bonchev–Trinajstić information content (AvgIpc) is 3.38. The quantitative estimate of drug-likeness (QED) is 0.300. The van der Waals surface area contributed by atoms with Crippen molar-refractivity contribution < 1.29 is 14.4 Å². The molecule has 3 amide bonds. The summed E-state index contributed by atoms with van der Waals surface area (Å²) in [5, 5.41) is 1.07. The molecule has 0 saturated carbocycles. The van der Waals surface area contributed by atoms with Gasteiger partial charge in [0.1, 0.15) is 0 Å². The number of carbonyl (C=O) groups excluding carboxylic acids is 3. The fourth-order valence-corrected chi connectivity index (χ4v) is 5.77. The fraction of sp³-hybridized carbons (Fsp3) is 0.233. The van der Waals surface area contributed by atoms with Crippen LogP contribution in [0.2, 0.25) is 0 Å². The van der Waals surface area contributed by atoms with Gasteiger partial charge in [-0.25, -0.2) is 9.69 Å². The normalized spacial score (nSPS) is 21.1.